The number of carbonyl (C=O) groups is 4. The molecule has 1 aromatic heterocycles. The number of carboxylic acids is 1. The number of nitrogens with one attached hydrogen (secondary N) is 1. The highest BCUT2D eigenvalue weighted by Crippen LogP contribution is 2.40. The van der Waals surface area contributed by atoms with Crippen LogP contribution in [0.2, 0.25) is 0 Å². The number of carboxylic acid groups (broad SMARTS) is 1. The minimum Gasteiger partial charge on any atom is -0.543 e. The van der Waals surface area contributed by atoms with Gasteiger partial charge in [-0.15, -0.1) is 11.8 Å². The highest BCUT2D eigenvalue weighted by Gasteiger charge is 2.53. The van der Waals surface area contributed by atoms with Crippen molar-refractivity contribution in [3.05, 3.63) is 29.2 Å². The molecule has 0 unspecified atom stereocenters. The smallest absolute Gasteiger partial charge is 0.278 e. The van der Waals surface area contributed by atoms with Gasteiger partial charge in [0.15, 0.2) is 11.2 Å². The SMILES string of the molecule is C[C@H](C(N)=O)[N+](C)(C)C/C=C/C1=C(C(=O)[O-])N2C(=O)[C@@H](NC(=O)/C(=N\OCF)c3nsc(N)n3)[C@H]2SC1. The first-order chi connectivity index (χ1) is 17.4. The molecule has 5 N–H and O–H groups in total. The van der Waals surface area contributed by atoms with Crippen LogP contribution in [0.15, 0.2) is 28.6 Å². The number of hydrogen-bond donors (Lipinski definition) is 3. The van der Waals surface area contributed by atoms with Crippen LogP contribution in [0.25, 0.3) is 0 Å². The molecular formula is C20H25FN8O6S2. The van der Waals surface area contributed by atoms with Crippen molar-refractivity contribution in [2.75, 3.05) is 39.0 Å². The van der Waals surface area contributed by atoms with Crippen molar-refractivity contribution in [2.45, 2.75) is 24.4 Å². The summed E-state index contributed by atoms with van der Waals surface area (Å²) in [4.78, 5) is 58.3. The molecule has 0 spiro atoms. The highest BCUT2D eigenvalue weighted by molar-refractivity contribution is 8.00. The van der Waals surface area contributed by atoms with E-state index in [1.54, 1.807) is 33.2 Å². The summed E-state index contributed by atoms with van der Waals surface area (Å²) in [6.07, 6.45) is 3.26. The minimum atomic E-state index is -1.55. The Labute approximate surface area is 218 Å². The molecule has 14 nitrogen and oxygen atoms in total. The lowest BCUT2D eigenvalue weighted by molar-refractivity contribution is -0.898. The van der Waals surface area contributed by atoms with Gasteiger partial charge in [-0.1, -0.05) is 11.2 Å². The van der Waals surface area contributed by atoms with Crippen LogP contribution >= 0.6 is 23.3 Å². The van der Waals surface area contributed by atoms with E-state index in [4.69, 9.17) is 11.5 Å². The van der Waals surface area contributed by atoms with E-state index in [0.717, 1.165) is 16.4 Å². The number of thioether (sulfide) groups is 1. The van der Waals surface area contributed by atoms with Gasteiger partial charge in [0.05, 0.1) is 32.3 Å². The van der Waals surface area contributed by atoms with E-state index in [-0.39, 0.29) is 26.9 Å². The number of quaternary nitrogens is 1. The summed E-state index contributed by atoms with van der Waals surface area (Å²) in [5.41, 5.74) is 10.4. The number of oxime groups is 1. The summed E-state index contributed by atoms with van der Waals surface area (Å²) in [5.74, 6) is -3.66. The Morgan fingerprint density at radius 1 is 1.43 bits per heavy atom. The monoisotopic (exact) mass is 556 g/mol. The zero-order chi connectivity index (χ0) is 27.5. The van der Waals surface area contributed by atoms with Gasteiger partial charge >= 0.3 is 0 Å². The number of nitrogen functional groups attached to an aromatic ring is 1. The molecule has 1 fully saturated rings. The number of alkyl halides is 1. The van der Waals surface area contributed by atoms with Crippen molar-refractivity contribution in [1.29, 1.82) is 0 Å². The molecule has 3 atom stereocenters. The molecule has 0 saturated carbocycles. The molecule has 3 heterocycles. The average Bonchev–Trinajstić information content (AvgIpc) is 3.27. The number of aliphatic carboxylic acids is 1. The number of primary amides is 1. The van der Waals surface area contributed by atoms with E-state index in [0.29, 0.717) is 12.1 Å². The number of nitrogens with zero attached hydrogens (tertiary/aromatic N) is 5. The van der Waals surface area contributed by atoms with E-state index < -0.39 is 53.7 Å². The topological polar surface area (TPSA) is 206 Å². The van der Waals surface area contributed by atoms with Crippen molar-refractivity contribution < 1.29 is 38.0 Å². The van der Waals surface area contributed by atoms with Gasteiger partial charge in [-0.25, -0.2) is 4.39 Å². The zero-order valence-electron chi connectivity index (χ0n) is 20.0. The van der Waals surface area contributed by atoms with E-state index in [1.807, 2.05) is 0 Å². The average molecular weight is 557 g/mol. The van der Waals surface area contributed by atoms with Crippen LogP contribution in [0.5, 0.6) is 0 Å². The molecule has 0 aliphatic carbocycles. The lowest BCUT2D eigenvalue weighted by Gasteiger charge is -2.50. The Morgan fingerprint density at radius 3 is 2.70 bits per heavy atom. The van der Waals surface area contributed by atoms with Gasteiger partial charge in [-0.2, -0.15) is 9.36 Å². The summed E-state index contributed by atoms with van der Waals surface area (Å²) in [6.45, 7) is 0.737. The van der Waals surface area contributed by atoms with E-state index in [9.17, 15) is 28.7 Å². The molecule has 17 heteroatoms. The van der Waals surface area contributed by atoms with Crippen LogP contribution in [0, 0.1) is 0 Å². The lowest BCUT2D eigenvalue weighted by atomic mass is 10.0. The van der Waals surface area contributed by atoms with Crippen molar-refractivity contribution in [3.63, 3.8) is 0 Å². The number of aromatic nitrogens is 2. The summed E-state index contributed by atoms with van der Waals surface area (Å²) in [5, 5.41) is 17.0. The van der Waals surface area contributed by atoms with Crippen LogP contribution in [-0.2, 0) is 24.0 Å². The summed E-state index contributed by atoms with van der Waals surface area (Å²) in [7, 11) is 3.61. The maximum Gasteiger partial charge on any atom is 0.278 e. The van der Waals surface area contributed by atoms with Crippen molar-refractivity contribution in [3.8, 4) is 0 Å². The third kappa shape index (κ3) is 5.89. The maximum atomic E-state index is 12.9. The molecule has 37 heavy (non-hydrogen) atoms. The molecule has 3 rings (SSSR count). The number of fused-ring (bicyclic) bond motifs is 1. The molecule has 1 aromatic rings. The molecule has 0 radical (unpaired) electrons. The summed E-state index contributed by atoms with van der Waals surface area (Å²) in [6, 6.07) is -1.58. The maximum absolute atomic E-state index is 12.9. The Hall–Kier alpha value is -3.57. The fourth-order valence-electron chi connectivity index (χ4n) is 3.54. The number of nitrogens with two attached hydrogens (primary N) is 2. The highest BCUT2D eigenvalue weighted by atomic mass is 32.2. The number of anilines is 1. The second-order valence-corrected chi connectivity index (χ2v) is 10.5. The van der Waals surface area contributed by atoms with Crippen molar-refractivity contribution in [2.24, 2.45) is 10.9 Å². The molecule has 0 bridgehead atoms. The Morgan fingerprint density at radius 2 is 2.14 bits per heavy atom. The van der Waals surface area contributed by atoms with Gasteiger partial charge in [0.25, 0.3) is 24.6 Å². The Bertz CT molecular complexity index is 1200. The molecule has 200 valence electrons. The fourth-order valence-corrected chi connectivity index (χ4v) is 5.30. The van der Waals surface area contributed by atoms with Gasteiger partial charge in [-0.3, -0.25) is 19.3 Å². The first-order valence-electron chi connectivity index (χ1n) is 10.7. The molecule has 2 aliphatic rings. The van der Waals surface area contributed by atoms with E-state index in [2.05, 4.69) is 24.7 Å². The van der Waals surface area contributed by atoms with Gasteiger partial charge in [0.1, 0.15) is 11.4 Å². The van der Waals surface area contributed by atoms with Crippen LogP contribution in [0.1, 0.15) is 12.7 Å². The number of halogens is 1. The second-order valence-electron chi connectivity index (χ2n) is 8.60. The van der Waals surface area contributed by atoms with Crippen LogP contribution in [0.4, 0.5) is 9.52 Å². The number of β-lactam (4-membered cyclic amide) rings is 1. The van der Waals surface area contributed by atoms with Gasteiger partial charge < -0.3 is 36.0 Å². The van der Waals surface area contributed by atoms with Crippen LogP contribution < -0.4 is 21.9 Å². The molecular weight excluding hydrogens is 531 g/mol. The first kappa shape index (κ1) is 28.0. The summed E-state index contributed by atoms with van der Waals surface area (Å²) >= 11 is 2.00. The Kier molecular flexibility index (Phi) is 8.49. The predicted molar refractivity (Wildman–Crippen MR) is 130 cm³/mol. The lowest BCUT2D eigenvalue weighted by Crippen LogP contribution is -2.71. The third-order valence-electron chi connectivity index (χ3n) is 5.91. The van der Waals surface area contributed by atoms with E-state index in [1.165, 1.54) is 11.8 Å². The number of amides is 3. The zero-order valence-corrected chi connectivity index (χ0v) is 21.7. The fraction of sp³-hybridized carbons (Fsp3) is 0.450. The quantitative estimate of drug-likeness (QED) is 0.115. The number of carbonyl (C=O) groups excluding carboxylic acids is 4. The number of likely N-dealkylation sites (N-methyl/N-ethyl adjacent to an activating group) is 1. The van der Waals surface area contributed by atoms with Gasteiger partial charge in [0, 0.05) is 17.3 Å². The predicted octanol–water partition coefficient (Wildman–Crippen LogP) is -2.32. The second kappa shape index (κ2) is 11.2. The summed E-state index contributed by atoms with van der Waals surface area (Å²) < 4.78 is 16.5. The normalized spacial score (nSPS) is 20.9. The third-order valence-corrected chi connectivity index (χ3v) is 7.75. The number of hydrogen-bond acceptors (Lipinski definition) is 12. The molecule has 3 amide bonds. The molecule has 2 aliphatic heterocycles. The largest absolute Gasteiger partial charge is 0.543 e. The van der Waals surface area contributed by atoms with Gasteiger partial charge in [0.2, 0.25) is 11.5 Å². The Balaban J connectivity index is 1.77. The molecule has 1 saturated heterocycles. The number of rotatable bonds is 11. The standard InChI is InChI=1S/C20H25FN8O6S2/c1-9(14(22)30)29(2,3)6-4-5-10-7-36-18-12(17(32)28(18)13(10)19(33)34)24-16(31)11(26-35-8-21)15-25-20(23)37-27-15/h4-5,9,12,18H,6-8H2,1-3H3,(H5-,22,23,24,25,27,30,31,33,34)/b5-4+,26-11-/t9-,12-,18-/m1/s1. The van der Waals surface area contributed by atoms with Crippen molar-refractivity contribution in [1.82, 2.24) is 19.6 Å². The van der Waals surface area contributed by atoms with Gasteiger partial charge in [-0.05, 0) is 18.6 Å². The number of allylic oxidation sites excluding steroid dienone is 1. The van der Waals surface area contributed by atoms with Crippen LogP contribution in [-0.4, -0.2) is 98.9 Å². The first-order valence-corrected chi connectivity index (χ1v) is 12.5. The van der Waals surface area contributed by atoms with Crippen molar-refractivity contribution >= 4 is 57.8 Å². The molecule has 0 aromatic carbocycles. The minimum absolute atomic E-state index is 0.0278. The van der Waals surface area contributed by atoms with E-state index >= 15 is 0 Å². The van der Waals surface area contributed by atoms with Crippen LogP contribution in [0.3, 0.4) is 0 Å².